The number of nitrogens with zero attached hydrogens (tertiary/aromatic N) is 1. The highest BCUT2D eigenvalue weighted by molar-refractivity contribution is 6.01. The second-order valence-electron chi connectivity index (χ2n) is 16.1. The Bertz CT molecular complexity index is 2980. The Balaban J connectivity index is 1.02. The van der Waals surface area contributed by atoms with Crippen LogP contribution in [0.25, 0.3) is 33.4 Å². The standard InChI is InChI=1S/C58H44N4/c1-6-19-40(20-7-1)41-33-35-44(36-34-41)56-60-55(43-23-10-3-11-24-43)61-57(62-56)45-25-18-30-48(37-45)59-54-39-53-51(38-50(54)42-21-8-2-9-22-42)49-31-16-17-32-52(49)58(53,46-26-12-4-13-27-46)47-28-14-5-15-29-47/h1-39,55-56,59-60H,(H,61,62). The van der Waals surface area contributed by atoms with Gasteiger partial charge in [-0.1, -0.05) is 212 Å². The minimum absolute atomic E-state index is 0.165. The molecule has 62 heavy (non-hydrogen) atoms. The fourth-order valence-corrected chi connectivity index (χ4v) is 9.53. The van der Waals surface area contributed by atoms with Crippen LogP contribution < -0.4 is 16.0 Å². The molecular weight excluding hydrogens is 753 g/mol. The topological polar surface area (TPSA) is 48.5 Å². The van der Waals surface area contributed by atoms with Crippen molar-refractivity contribution in [1.29, 1.82) is 0 Å². The molecule has 1 aliphatic carbocycles. The minimum atomic E-state index is -0.517. The fourth-order valence-electron chi connectivity index (χ4n) is 9.53. The van der Waals surface area contributed by atoms with Crippen LogP contribution in [0.1, 0.15) is 51.3 Å². The van der Waals surface area contributed by atoms with Crippen LogP contribution >= 0.6 is 0 Å². The molecule has 2 aliphatic rings. The maximum absolute atomic E-state index is 5.30. The predicted octanol–water partition coefficient (Wildman–Crippen LogP) is 13.5. The molecule has 9 aromatic carbocycles. The molecule has 0 aromatic heterocycles. The lowest BCUT2D eigenvalue weighted by atomic mass is 9.67. The Labute approximate surface area is 363 Å². The van der Waals surface area contributed by atoms with Gasteiger partial charge in [-0.05, 0) is 85.5 Å². The van der Waals surface area contributed by atoms with Crippen molar-refractivity contribution in [2.45, 2.75) is 17.7 Å². The van der Waals surface area contributed by atoms with Crippen LogP contribution in [0.4, 0.5) is 11.4 Å². The van der Waals surface area contributed by atoms with Gasteiger partial charge in [0, 0.05) is 22.5 Å². The first kappa shape index (κ1) is 37.2. The maximum Gasteiger partial charge on any atom is 0.131 e. The van der Waals surface area contributed by atoms with Gasteiger partial charge in [0.1, 0.15) is 18.2 Å². The first-order chi connectivity index (χ1) is 30.7. The largest absolute Gasteiger partial charge is 0.355 e. The number of fused-ring (bicyclic) bond motifs is 3. The van der Waals surface area contributed by atoms with Crippen molar-refractivity contribution in [2.75, 3.05) is 5.32 Å². The molecule has 11 rings (SSSR count). The van der Waals surface area contributed by atoms with Crippen molar-refractivity contribution < 1.29 is 0 Å². The van der Waals surface area contributed by atoms with E-state index in [4.69, 9.17) is 4.99 Å². The SMILES string of the molecule is c1ccc(-c2ccc(C3NC(c4cccc(Nc5cc6c(cc5-c5ccccc5)-c5ccccc5C6(c5ccccc5)c5ccccc5)c4)=NC(c4ccccc4)N3)cc2)cc1. The summed E-state index contributed by atoms with van der Waals surface area (Å²) in [6, 6.07) is 84.9. The van der Waals surface area contributed by atoms with Gasteiger partial charge in [-0.25, -0.2) is 4.99 Å². The smallest absolute Gasteiger partial charge is 0.131 e. The first-order valence-corrected chi connectivity index (χ1v) is 21.4. The summed E-state index contributed by atoms with van der Waals surface area (Å²) in [6.07, 6.45) is -0.406. The molecule has 3 N–H and O–H groups in total. The molecule has 1 aliphatic heterocycles. The van der Waals surface area contributed by atoms with E-state index in [9.17, 15) is 0 Å². The molecule has 2 atom stereocenters. The summed E-state index contributed by atoms with van der Waals surface area (Å²) in [5, 5.41) is 11.5. The molecule has 0 amide bonds. The summed E-state index contributed by atoms with van der Waals surface area (Å²) in [7, 11) is 0. The summed E-state index contributed by atoms with van der Waals surface area (Å²) in [4.78, 5) is 5.30. The monoisotopic (exact) mass is 796 g/mol. The molecule has 0 spiro atoms. The van der Waals surface area contributed by atoms with Crippen LogP contribution in [0.2, 0.25) is 0 Å². The van der Waals surface area contributed by atoms with Gasteiger partial charge in [-0.2, -0.15) is 0 Å². The van der Waals surface area contributed by atoms with Crippen LogP contribution in [0.3, 0.4) is 0 Å². The molecule has 296 valence electrons. The number of rotatable bonds is 9. The van der Waals surface area contributed by atoms with E-state index >= 15 is 0 Å². The Hall–Kier alpha value is -7.79. The van der Waals surface area contributed by atoms with Gasteiger partial charge >= 0.3 is 0 Å². The highest BCUT2D eigenvalue weighted by atomic mass is 15.3. The lowest BCUT2D eigenvalue weighted by molar-refractivity contribution is 0.409. The quantitative estimate of drug-likeness (QED) is 0.136. The summed E-state index contributed by atoms with van der Waals surface area (Å²) < 4.78 is 0. The molecule has 0 saturated carbocycles. The van der Waals surface area contributed by atoms with E-state index in [-0.39, 0.29) is 12.3 Å². The number of aliphatic imine (C=N–C) groups is 1. The van der Waals surface area contributed by atoms with Gasteiger partial charge in [0.25, 0.3) is 0 Å². The Morgan fingerprint density at radius 3 is 1.65 bits per heavy atom. The maximum atomic E-state index is 5.30. The Morgan fingerprint density at radius 1 is 0.403 bits per heavy atom. The number of nitrogens with one attached hydrogen (secondary N) is 3. The zero-order valence-corrected chi connectivity index (χ0v) is 34.1. The molecule has 4 nitrogen and oxygen atoms in total. The zero-order chi connectivity index (χ0) is 41.3. The Kier molecular flexibility index (Phi) is 9.61. The lowest BCUT2D eigenvalue weighted by Gasteiger charge is -2.34. The van der Waals surface area contributed by atoms with Gasteiger partial charge in [0.15, 0.2) is 0 Å². The zero-order valence-electron chi connectivity index (χ0n) is 34.1. The van der Waals surface area contributed by atoms with E-state index in [2.05, 4.69) is 253 Å². The highest BCUT2D eigenvalue weighted by Gasteiger charge is 2.46. The van der Waals surface area contributed by atoms with E-state index in [1.807, 2.05) is 0 Å². The van der Waals surface area contributed by atoms with Crippen molar-refractivity contribution in [3.63, 3.8) is 0 Å². The molecule has 4 heteroatoms. The normalized spacial score (nSPS) is 16.0. The van der Waals surface area contributed by atoms with Crippen LogP contribution in [-0.2, 0) is 5.41 Å². The molecule has 0 saturated heterocycles. The number of amidine groups is 1. The van der Waals surface area contributed by atoms with Gasteiger partial charge in [-0.15, -0.1) is 0 Å². The fraction of sp³-hybridized carbons (Fsp3) is 0.0517. The number of benzene rings is 9. The third kappa shape index (κ3) is 6.68. The van der Waals surface area contributed by atoms with Gasteiger partial charge in [0.05, 0.1) is 5.41 Å². The summed E-state index contributed by atoms with van der Waals surface area (Å²) in [5.41, 5.74) is 17.0. The predicted molar refractivity (Wildman–Crippen MR) is 256 cm³/mol. The van der Waals surface area contributed by atoms with Crippen molar-refractivity contribution in [3.8, 4) is 33.4 Å². The molecule has 2 unspecified atom stereocenters. The summed E-state index contributed by atoms with van der Waals surface area (Å²) >= 11 is 0. The van der Waals surface area contributed by atoms with Gasteiger partial charge in [-0.3, -0.25) is 5.32 Å². The first-order valence-electron chi connectivity index (χ1n) is 21.4. The summed E-state index contributed by atoms with van der Waals surface area (Å²) in [5.74, 6) is 0.832. The van der Waals surface area contributed by atoms with E-state index in [0.717, 1.165) is 45.0 Å². The van der Waals surface area contributed by atoms with Crippen molar-refractivity contribution >= 4 is 17.2 Å². The number of hydrogen-bond acceptors (Lipinski definition) is 4. The van der Waals surface area contributed by atoms with E-state index in [1.54, 1.807) is 0 Å². The second kappa shape index (κ2) is 16.0. The van der Waals surface area contributed by atoms with Crippen LogP contribution in [0.15, 0.2) is 242 Å². The van der Waals surface area contributed by atoms with Gasteiger partial charge in [0.2, 0.25) is 0 Å². The van der Waals surface area contributed by atoms with Crippen molar-refractivity contribution in [1.82, 2.24) is 10.6 Å². The third-order valence-corrected chi connectivity index (χ3v) is 12.4. The number of anilines is 2. The average molecular weight is 797 g/mol. The van der Waals surface area contributed by atoms with Crippen molar-refractivity contribution in [3.05, 3.63) is 276 Å². The Morgan fingerprint density at radius 2 is 0.968 bits per heavy atom. The molecule has 1 heterocycles. The molecule has 0 fully saturated rings. The molecule has 0 radical (unpaired) electrons. The van der Waals surface area contributed by atoms with E-state index < -0.39 is 5.41 Å². The van der Waals surface area contributed by atoms with Crippen molar-refractivity contribution in [2.24, 2.45) is 4.99 Å². The van der Waals surface area contributed by atoms with Gasteiger partial charge < -0.3 is 10.6 Å². The molecule has 9 aromatic rings. The van der Waals surface area contributed by atoms with Crippen LogP contribution in [-0.4, -0.2) is 5.84 Å². The van der Waals surface area contributed by atoms with Crippen LogP contribution in [0, 0.1) is 0 Å². The molecular formula is C58H44N4. The third-order valence-electron chi connectivity index (χ3n) is 12.4. The second-order valence-corrected chi connectivity index (χ2v) is 16.1. The summed E-state index contributed by atoms with van der Waals surface area (Å²) in [6.45, 7) is 0. The highest BCUT2D eigenvalue weighted by Crippen LogP contribution is 2.58. The number of hydrogen-bond donors (Lipinski definition) is 3. The molecule has 0 bridgehead atoms. The van der Waals surface area contributed by atoms with E-state index in [0.29, 0.717) is 0 Å². The van der Waals surface area contributed by atoms with E-state index in [1.165, 1.54) is 44.5 Å². The lowest BCUT2D eigenvalue weighted by Crippen LogP contribution is -2.44. The van der Waals surface area contributed by atoms with Crippen LogP contribution in [0.5, 0.6) is 0 Å². The minimum Gasteiger partial charge on any atom is -0.355 e. The average Bonchev–Trinajstić information content (AvgIpc) is 3.65.